The topological polar surface area (TPSA) is 89.3 Å². The van der Waals surface area contributed by atoms with Crippen LogP contribution in [0.1, 0.15) is 5.56 Å². The molecule has 0 amide bonds. The first-order valence-corrected chi connectivity index (χ1v) is 3.56. The van der Waals surface area contributed by atoms with Gasteiger partial charge in [-0.15, -0.1) is 0 Å². The lowest BCUT2D eigenvalue weighted by Gasteiger charge is -2.06. The number of halogens is 1. The minimum atomic E-state index is -1.09. The van der Waals surface area contributed by atoms with Crippen molar-refractivity contribution in [3.63, 3.8) is 0 Å². The van der Waals surface area contributed by atoms with Crippen molar-refractivity contribution >= 4 is 17.3 Å². The molecule has 1 aromatic rings. The molecule has 13 heavy (non-hydrogen) atoms. The third-order valence-electron chi connectivity index (χ3n) is 1.67. The van der Waals surface area contributed by atoms with Gasteiger partial charge in [0.15, 0.2) is 0 Å². The molecule has 0 aliphatic heterocycles. The zero-order valence-corrected chi connectivity index (χ0v) is 6.75. The highest BCUT2D eigenvalue weighted by molar-refractivity contribution is 5.77. The van der Waals surface area contributed by atoms with Crippen molar-refractivity contribution in [1.29, 1.82) is 0 Å². The Morgan fingerprint density at radius 3 is 2.62 bits per heavy atom. The second-order valence-corrected chi connectivity index (χ2v) is 2.60. The molecule has 1 rings (SSSR count). The maximum Gasteiger partial charge on any atom is 0.307 e. The van der Waals surface area contributed by atoms with Crippen LogP contribution in [-0.2, 0) is 11.2 Å². The van der Waals surface area contributed by atoms with Gasteiger partial charge in [-0.05, 0) is 12.1 Å². The molecule has 0 aliphatic carbocycles. The number of benzene rings is 1. The van der Waals surface area contributed by atoms with E-state index in [1.807, 2.05) is 0 Å². The van der Waals surface area contributed by atoms with Crippen LogP contribution in [0.4, 0.5) is 15.8 Å². The molecular formula is C8H9FN2O2. The van der Waals surface area contributed by atoms with Crippen molar-refractivity contribution in [1.82, 2.24) is 0 Å². The van der Waals surface area contributed by atoms with Gasteiger partial charge in [0, 0.05) is 11.3 Å². The summed E-state index contributed by atoms with van der Waals surface area (Å²) in [5.41, 5.74) is 10.9. The second kappa shape index (κ2) is 3.30. The fraction of sp³-hybridized carbons (Fsp3) is 0.125. The molecule has 0 fully saturated rings. The number of aliphatic carboxylic acids is 1. The highest BCUT2D eigenvalue weighted by Gasteiger charge is 2.11. The van der Waals surface area contributed by atoms with Crippen molar-refractivity contribution in [3.05, 3.63) is 23.5 Å². The zero-order chi connectivity index (χ0) is 10.0. The van der Waals surface area contributed by atoms with E-state index in [4.69, 9.17) is 16.6 Å². The third kappa shape index (κ3) is 1.87. The molecule has 0 atom stereocenters. The highest BCUT2D eigenvalue weighted by atomic mass is 19.1. The molecule has 70 valence electrons. The van der Waals surface area contributed by atoms with Gasteiger partial charge in [-0.3, -0.25) is 4.79 Å². The second-order valence-electron chi connectivity index (χ2n) is 2.60. The average molecular weight is 184 g/mol. The van der Waals surface area contributed by atoms with Crippen LogP contribution in [0, 0.1) is 5.82 Å². The van der Waals surface area contributed by atoms with Gasteiger partial charge in [0.2, 0.25) is 0 Å². The summed E-state index contributed by atoms with van der Waals surface area (Å²) in [6, 6.07) is 2.40. The van der Waals surface area contributed by atoms with Gasteiger partial charge >= 0.3 is 5.97 Å². The Labute approximate surface area is 74.0 Å². The Morgan fingerprint density at radius 1 is 1.46 bits per heavy atom. The van der Waals surface area contributed by atoms with Gasteiger partial charge in [0.05, 0.1) is 12.1 Å². The van der Waals surface area contributed by atoms with Crippen LogP contribution in [0.3, 0.4) is 0 Å². The lowest BCUT2D eigenvalue weighted by molar-refractivity contribution is -0.136. The lowest BCUT2D eigenvalue weighted by Crippen LogP contribution is -2.08. The number of rotatable bonds is 2. The van der Waals surface area contributed by atoms with E-state index in [9.17, 15) is 9.18 Å². The number of nitrogens with two attached hydrogens (primary N) is 2. The van der Waals surface area contributed by atoms with Crippen molar-refractivity contribution in [2.24, 2.45) is 0 Å². The van der Waals surface area contributed by atoms with Crippen LogP contribution >= 0.6 is 0 Å². The minimum Gasteiger partial charge on any atom is -0.481 e. The fourth-order valence-electron chi connectivity index (χ4n) is 1.00. The van der Waals surface area contributed by atoms with E-state index < -0.39 is 11.8 Å². The third-order valence-corrected chi connectivity index (χ3v) is 1.67. The molecule has 0 saturated heterocycles. The van der Waals surface area contributed by atoms with E-state index in [2.05, 4.69) is 0 Å². The molecule has 0 aliphatic rings. The highest BCUT2D eigenvalue weighted by Crippen LogP contribution is 2.22. The van der Waals surface area contributed by atoms with Gasteiger partial charge in [-0.1, -0.05) is 0 Å². The fourth-order valence-corrected chi connectivity index (χ4v) is 1.00. The number of carboxylic acids is 1. The van der Waals surface area contributed by atoms with Crippen molar-refractivity contribution < 1.29 is 14.3 Å². The predicted octanol–water partition coefficient (Wildman–Crippen LogP) is 0.617. The number of hydrogen-bond acceptors (Lipinski definition) is 3. The predicted molar refractivity (Wildman–Crippen MR) is 46.6 cm³/mol. The normalized spacial score (nSPS) is 9.92. The van der Waals surface area contributed by atoms with Crippen molar-refractivity contribution in [2.45, 2.75) is 6.42 Å². The Kier molecular flexibility index (Phi) is 2.36. The lowest BCUT2D eigenvalue weighted by atomic mass is 10.1. The number of nitrogen functional groups attached to an aromatic ring is 2. The van der Waals surface area contributed by atoms with Crippen LogP contribution < -0.4 is 11.5 Å². The summed E-state index contributed by atoms with van der Waals surface area (Å²) in [6.07, 6.45) is -0.366. The molecule has 0 saturated carbocycles. The molecule has 0 aromatic heterocycles. The van der Waals surface area contributed by atoms with E-state index in [1.165, 1.54) is 6.07 Å². The Balaban J connectivity index is 3.17. The van der Waals surface area contributed by atoms with Gasteiger partial charge in [0.25, 0.3) is 0 Å². The van der Waals surface area contributed by atoms with Crippen LogP contribution in [0.2, 0.25) is 0 Å². The van der Waals surface area contributed by atoms with Gasteiger partial charge in [0.1, 0.15) is 5.82 Å². The van der Waals surface area contributed by atoms with E-state index in [1.54, 1.807) is 0 Å². The molecule has 0 heterocycles. The van der Waals surface area contributed by atoms with Crippen LogP contribution in [0.25, 0.3) is 0 Å². The standard InChI is InChI=1S/C8H9FN2O2/c9-5-1-2-6(10)4(8(5)11)3-7(12)13/h1-2H,3,10-11H2,(H,12,13). The maximum atomic E-state index is 12.8. The summed E-state index contributed by atoms with van der Waals surface area (Å²) in [4.78, 5) is 10.4. The maximum absolute atomic E-state index is 12.8. The smallest absolute Gasteiger partial charge is 0.307 e. The number of carboxylic acid groups (broad SMARTS) is 1. The largest absolute Gasteiger partial charge is 0.481 e. The number of carbonyl (C=O) groups is 1. The number of anilines is 2. The first-order chi connectivity index (χ1) is 6.02. The molecule has 0 unspecified atom stereocenters. The van der Waals surface area contributed by atoms with Crippen LogP contribution in [-0.4, -0.2) is 11.1 Å². The molecule has 0 spiro atoms. The van der Waals surface area contributed by atoms with E-state index in [0.29, 0.717) is 0 Å². The SMILES string of the molecule is Nc1ccc(F)c(N)c1CC(=O)O. The van der Waals surface area contributed by atoms with E-state index in [0.717, 1.165) is 6.07 Å². The van der Waals surface area contributed by atoms with Crippen LogP contribution in [0.15, 0.2) is 12.1 Å². The summed E-state index contributed by atoms with van der Waals surface area (Å²) >= 11 is 0. The Bertz CT molecular complexity index is 352. The minimum absolute atomic E-state index is 0.132. The zero-order valence-electron chi connectivity index (χ0n) is 6.75. The van der Waals surface area contributed by atoms with Gasteiger partial charge < -0.3 is 16.6 Å². The number of hydrogen-bond donors (Lipinski definition) is 3. The van der Waals surface area contributed by atoms with Gasteiger partial charge in [-0.25, -0.2) is 4.39 Å². The Morgan fingerprint density at radius 2 is 2.08 bits per heavy atom. The van der Waals surface area contributed by atoms with Crippen molar-refractivity contribution in [3.8, 4) is 0 Å². The molecule has 0 bridgehead atoms. The Hall–Kier alpha value is -1.78. The van der Waals surface area contributed by atoms with E-state index in [-0.39, 0.29) is 23.4 Å². The quantitative estimate of drug-likeness (QED) is 0.587. The molecule has 1 aromatic carbocycles. The molecule has 4 nitrogen and oxygen atoms in total. The first-order valence-electron chi connectivity index (χ1n) is 3.56. The average Bonchev–Trinajstić information content (AvgIpc) is 2.05. The monoisotopic (exact) mass is 184 g/mol. The molecular weight excluding hydrogens is 175 g/mol. The van der Waals surface area contributed by atoms with Crippen LogP contribution in [0.5, 0.6) is 0 Å². The summed E-state index contributed by atoms with van der Waals surface area (Å²) in [5, 5.41) is 8.47. The first kappa shape index (κ1) is 9.31. The molecule has 5 N–H and O–H groups in total. The summed E-state index contributed by atoms with van der Waals surface area (Å²) < 4.78 is 12.8. The molecule has 0 radical (unpaired) electrons. The van der Waals surface area contributed by atoms with Gasteiger partial charge in [-0.2, -0.15) is 0 Å². The summed E-state index contributed by atoms with van der Waals surface area (Å²) in [7, 11) is 0. The summed E-state index contributed by atoms with van der Waals surface area (Å²) in [6.45, 7) is 0. The molecule has 5 heteroatoms. The van der Waals surface area contributed by atoms with Crippen molar-refractivity contribution in [2.75, 3.05) is 11.5 Å². The summed E-state index contributed by atoms with van der Waals surface area (Å²) in [5.74, 6) is -1.74. The van der Waals surface area contributed by atoms with E-state index >= 15 is 0 Å².